The molecule has 0 unspecified atom stereocenters. The SMILES string of the molecule is CC(C)N(Cc1ccccc1)C(=O)NC[C@H](O)C(=O)O. The Morgan fingerprint density at radius 3 is 2.35 bits per heavy atom. The van der Waals surface area contributed by atoms with E-state index in [4.69, 9.17) is 10.2 Å². The zero-order valence-corrected chi connectivity index (χ0v) is 11.6. The maximum Gasteiger partial charge on any atom is 0.334 e. The fourth-order valence-electron chi connectivity index (χ4n) is 1.64. The van der Waals surface area contributed by atoms with Crippen molar-refractivity contribution in [1.29, 1.82) is 0 Å². The summed E-state index contributed by atoms with van der Waals surface area (Å²) < 4.78 is 0. The molecule has 110 valence electrons. The predicted octanol–water partition coefficient (Wildman–Crippen LogP) is 1.05. The Hall–Kier alpha value is -2.08. The number of aliphatic hydroxyl groups is 1. The molecule has 6 heteroatoms. The zero-order valence-electron chi connectivity index (χ0n) is 11.6. The van der Waals surface area contributed by atoms with Gasteiger partial charge in [-0.15, -0.1) is 0 Å². The number of nitrogens with one attached hydrogen (secondary N) is 1. The highest BCUT2D eigenvalue weighted by atomic mass is 16.4. The van der Waals surface area contributed by atoms with Crippen molar-refractivity contribution < 1.29 is 19.8 Å². The van der Waals surface area contributed by atoms with Crippen LogP contribution in [0.1, 0.15) is 19.4 Å². The standard InChI is InChI=1S/C14H20N2O4/c1-10(2)16(9-11-6-4-3-5-7-11)14(20)15-8-12(17)13(18)19/h3-7,10,12,17H,8-9H2,1-2H3,(H,15,20)(H,18,19)/t12-/m0/s1. The van der Waals surface area contributed by atoms with Gasteiger partial charge in [-0.1, -0.05) is 30.3 Å². The third-order valence-electron chi connectivity index (χ3n) is 2.81. The van der Waals surface area contributed by atoms with Crippen LogP contribution in [0.4, 0.5) is 4.79 Å². The van der Waals surface area contributed by atoms with Crippen molar-refractivity contribution in [1.82, 2.24) is 10.2 Å². The molecule has 0 heterocycles. The Morgan fingerprint density at radius 2 is 1.85 bits per heavy atom. The van der Waals surface area contributed by atoms with E-state index < -0.39 is 18.1 Å². The van der Waals surface area contributed by atoms with Gasteiger partial charge in [0.1, 0.15) is 0 Å². The van der Waals surface area contributed by atoms with Crippen LogP contribution in [0, 0.1) is 0 Å². The number of hydrogen-bond acceptors (Lipinski definition) is 3. The first-order chi connectivity index (χ1) is 9.41. The number of amides is 2. The average molecular weight is 280 g/mol. The first kappa shape index (κ1) is 16.0. The van der Waals surface area contributed by atoms with Crippen molar-refractivity contribution >= 4 is 12.0 Å². The van der Waals surface area contributed by atoms with E-state index in [1.165, 1.54) is 0 Å². The van der Waals surface area contributed by atoms with Gasteiger partial charge >= 0.3 is 12.0 Å². The van der Waals surface area contributed by atoms with Gasteiger partial charge in [0.25, 0.3) is 0 Å². The minimum atomic E-state index is -1.59. The van der Waals surface area contributed by atoms with Crippen LogP contribution in [0.3, 0.4) is 0 Å². The Kier molecular flexibility index (Phi) is 5.99. The molecule has 0 aromatic heterocycles. The maximum absolute atomic E-state index is 12.0. The molecule has 1 atom stereocenters. The van der Waals surface area contributed by atoms with Gasteiger partial charge in [-0.05, 0) is 19.4 Å². The summed E-state index contributed by atoms with van der Waals surface area (Å²) in [5, 5.41) is 20.1. The summed E-state index contributed by atoms with van der Waals surface area (Å²) in [6.45, 7) is 3.85. The highest BCUT2D eigenvalue weighted by Crippen LogP contribution is 2.08. The van der Waals surface area contributed by atoms with Crippen molar-refractivity contribution in [3.8, 4) is 0 Å². The minimum Gasteiger partial charge on any atom is -0.479 e. The molecule has 0 aliphatic heterocycles. The number of carboxylic acid groups (broad SMARTS) is 1. The Bertz CT molecular complexity index is 448. The van der Waals surface area contributed by atoms with Gasteiger partial charge in [-0.25, -0.2) is 9.59 Å². The molecular weight excluding hydrogens is 260 g/mol. The number of carbonyl (C=O) groups excluding carboxylic acids is 1. The second-order valence-corrected chi connectivity index (χ2v) is 4.75. The average Bonchev–Trinajstić information content (AvgIpc) is 2.42. The van der Waals surface area contributed by atoms with Gasteiger partial charge in [-0.2, -0.15) is 0 Å². The lowest BCUT2D eigenvalue weighted by atomic mass is 10.2. The molecule has 1 rings (SSSR count). The number of carboxylic acids is 1. The van der Waals surface area contributed by atoms with E-state index in [-0.39, 0.29) is 12.6 Å². The number of hydrogen-bond donors (Lipinski definition) is 3. The summed E-state index contributed by atoms with van der Waals surface area (Å²) in [6.07, 6.45) is -1.59. The van der Waals surface area contributed by atoms with E-state index in [0.29, 0.717) is 6.54 Å². The van der Waals surface area contributed by atoms with E-state index in [9.17, 15) is 9.59 Å². The number of aliphatic hydroxyl groups excluding tert-OH is 1. The molecule has 1 aromatic rings. The normalized spacial score (nSPS) is 12.0. The Labute approximate surface area is 118 Å². The van der Waals surface area contributed by atoms with Gasteiger partial charge in [0.2, 0.25) is 0 Å². The van der Waals surface area contributed by atoms with Crippen molar-refractivity contribution in [2.45, 2.75) is 32.5 Å². The van der Waals surface area contributed by atoms with Crippen molar-refractivity contribution in [3.05, 3.63) is 35.9 Å². The lowest BCUT2D eigenvalue weighted by molar-refractivity contribution is -0.146. The second-order valence-electron chi connectivity index (χ2n) is 4.75. The molecule has 0 aliphatic carbocycles. The molecule has 0 bridgehead atoms. The number of rotatable bonds is 6. The van der Waals surface area contributed by atoms with Crippen LogP contribution in [0.25, 0.3) is 0 Å². The van der Waals surface area contributed by atoms with Crippen LogP contribution in [-0.2, 0) is 11.3 Å². The van der Waals surface area contributed by atoms with Crippen molar-refractivity contribution in [2.24, 2.45) is 0 Å². The smallest absolute Gasteiger partial charge is 0.334 e. The van der Waals surface area contributed by atoms with Crippen LogP contribution >= 0.6 is 0 Å². The van der Waals surface area contributed by atoms with E-state index in [1.807, 2.05) is 44.2 Å². The fourth-order valence-corrected chi connectivity index (χ4v) is 1.64. The summed E-state index contributed by atoms with van der Waals surface area (Å²) in [5.74, 6) is -1.36. The molecule has 3 N–H and O–H groups in total. The van der Waals surface area contributed by atoms with E-state index in [1.54, 1.807) is 4.90 Å². The molecule has 0 radical (unpaired) electrons. The molecule has 0 saturated carbocycles. The number of aliphatic carboxylic acids is 1. The molecule has 2 amide bonds. The lowest BCUT2D eigenvalue weighted by Gasteiger charge is -2.27. The van der Waals surface area contributed by atoms with Gasteiger partial charge in [0.15, 0.2) is 6.10 Å². The highest BCUT2D eigenvalue weighted by molar-refractivity contribution is 5.77. The predicted molar refractivity (Wildman–Crippen MR) is 74.2 cm³/mol. The summed E-state index contributed by atoms with van der Waals surface area (Å²) in [7, 11) is 0. The topological polar surface area (TPSA) is 89.9 Å². The number of benzene rings is 1. The third-order valence-corrected chi connectivity index (χ3v) is 2.81. The number of urea groups is 1. The summed E-state index contributed by atoms with van der Waals surface area (Å²) >= 11 is 0. The molecule has 6 nitrogen and oxygen atoms in total. The molecule has 0 spiro atoms. The molecule has 0 saturated heterocycles. The zero-order chi connectivity index (χ0) is 15.1. The second kappa shape index (κ2) is 7.49. The Morgan fingerprint density at radius 1 is 1.25 bits per heavy atom. The van der Waals surface area contributed by atoms with Gasteiger partial charge in [0, 0.05) is 12.6 Å². The molecular formula is C14H20N2O4. The van der Waals surface area contributed by atoms with Crippen LogP contribution in [0.2, 0.25) is 0 Å². The van der Waals surface area contributed by atoms with Crippen molar-refractivity contribution in [3.63, 3.8) is 0 Å². The quantitative estimate of drug-likeness (QED) is 0.726. The monoisotopic (exact) mass is 280 g/mol. The molecule has 1 aromatic carbocycles. The van der Waals surface area contributed by atoms with Gasteiger partial charge < -0.3 is 20.4 Å². The molecule has 20 heavy (non-hydrogen) atoms. The van der Waals surface area contributed by atoms with E-state index in [2.05, 4.69) is 5.32 Å². The van der Waals surface area contributed by atoms with Crippen LogP contribution < -0.4 is 5.32 Å². The van der Waals surface area contributed by atoms with Crippen LogP contribution in [0.15, 0.2) is 30.3 Å². The van der Waals surface area contributed by atoms with E-state index in [0.717, 1.165) is 5.56 Å². The highest BCUT2D eigenvalue weighted by Gasteiger charge is 2.20. The van der Waals surface area contributed by atoms with Crippen LogP contribution in [0.5, 0.6) is 0 Å². The maximum atomic E-state index is 12.0. The lowest BCUT2D eigenvalue weighted by Crippen LogP contribution is -2.46. The molecule has 0 fully saturated rings. The van der Waals surface area contributed by atoms with Crippen molar-refractivity contribution in [2.75, 3.05) is 6.54 Å². The third kappa shape index (κ3) is 4.89. The first-order valence-electron chi connectivity index (χ1n) is 6.41. The Balaban J connectivity index is 2.62. The number of carbonyl (C=O) groups is 2. The van der Waals surface area contributed by atoms with Gasteiger partial charge in [-0.3, -0.25) is 0 Å². The fraction of sp³-hybridized carbons (Fsp3) is 0.429. The number of nitrogens with zero attached hydrogens (tertiary/aromatic N) is 1. The first-order valence-corrected chi connectivity index (χ1v) is 6.41. The summed E-state index contributed by atoms with van der Waals surface area (Å²) in [6, 6.07) is 9.05. The summed E-state index contributed by atoms with van der Waals surface area (Å²) in [5.41, 5.74) is 0.982. The van der Waals surface area contributed by atoms with Gasteiger partial charge in [0.05, 0.1) is 6.54 Å². The summed E-state index contributed by atoms with van der Waals surface area (Å²) in [4.78, 5) is 24.1. The van der Waals surface area contributed by atoms with E-state index >= 15 is 0 Å². The van der Waals surface area contributed by atoms with Crippen LogP contribution in [-0.4, -0.2) is 45.8 Å². The molecule has 0 aliphatic rings. The minimum absolute atomic E-state index is 0.0443. The largest absolute Gasteiger partial charge is 0.479 e.